The Morgan fingerprint density at radius 2 is 1.83 bits per heavy atom. The standard InChI is InChI=1S/C33H39F3N8OS/c1-22-23(3-4-28-26(22)15-24(18-37)44(28)10-9-41-11-13-45-14-12-41)19-42-7-5-32(20-42)6-8-43(21-32)29-27-16-25(17-33(34,35)36)46-30(27)40-31(38-2)39-29/h3-4,15-16H,5-14,17,19-21H2,1-2H3,(H,38,39,40). The molecule has 0 bridgehead atoms. The summed E-state index contributed by atoms with van der Waals surface area (Å²) in [7, 11) is 1.73. The zero-order valence-electron chi connectivity index (χ0n) is 26.3. The number of morpholine rings is 1. The third-order valence-corrected chi connectivity index (χ3v) is 11.0. The zero-order valence-corrected chi connectivity index (χ0v) is 27.1. The third kappa shape index (κ3) is 6.15. The van der Waals surface area contributed by atoms with Crippen molar-refractivity contribution in [3.63, 3.8) is 0 Å². The van der Waals surface area contributed by atoms with E-state index in [9.17, 15) is 18.4 Å². The number of likely N-dealkylation sites (tertiary alicyclic amines) is 1. The zero-order chi connectivity index (χ0) is 32.1. The summed E-state index contributed by atoms with van der Waals surface area (Å²) < 4.78 is 47.1. The highest BCUT2D eigenvalue weighted by molar-refractivity contribution is 7.18. The maximum absolute atomic E-state index is 13.2. The molecule has 1 unspecified atom stereocenters. The van der Waals surface area contributed by atoms with E-state index < -0.39 is 12.6 Å². The second-order valence-corrected chi connectivity index (χ2v) is 14.1. The monoisotopic (exact) mass is 652 g/mol. The molecule has 9 nitrogen and oxygen atoms in total. The van der Waals surface area contributed by atoms with E-state index in [0.29, 0.717) is 21.9 Å². The molecule has 3 aromatic heterocycles. The van der Waals surface area contributed by atoms with Crippen molar-refractivity contribution in [1.29, 1.82) is 5.26 Å². The average molecular weight is 653 g/mol. The van der Waals surface area contributed by atoms with Gasteiger partial charge in [0.1, 0.15) is 22.4 Å². The molecule has 3 fully saturated rings. The van der Waals surface area contributed by atoms with Crippen molar-refractivity contribution >= 4 is 44.2 Å². The van der Waals surface area contributed by atoms with E-state index in [0.717, 1.165) is 113 Å². The molecule has 1 aromatic carbocycles. The van der Waals surface area contributed by atoms with Gasteiger partial charge >= 0.3 is 6.18 Å². The van der Waals surface area contributed by atoms with Crippen LogP contribution in [0.1, 0.15) is 34.5 Å². The topological polar surface area (TPSA) is 85.5 Å². The molecule has 0 amide bonds. The molecule has 3 aliphatic rings. The Morgan fingerprint density at radius 1 is 1.02 bits per heavy atom. The van der Waals surface area contributed by atoms with Gasteiger partial charge < -0.3 is 19.5 Å². The molecule has 46 heavy (non-hydrogen) atoms. The number of fused-ring (bicyclic) bond motifs is 2. The molecular formula is C33H39F3N8OS. The number of benzene rings is 1. The molecule has 244 valence electrons. The minimum atomic E-state index is -4.26. The van der Waals surface area contributed by atoms with E-state index in [1.807, 2.05) is 6.07 Å². The molecule has 0 saturated carbocycles. The first-order valence-corrected chi connectivity index (χ1v) is 16.8. The largest absolute Gasteiger partial charge is 0.393 e. The molecule has 4 aromatic rings. The Bertz CT molecular complexity index is 1790. The number of aryl methyl sites for hydroxylation is 1. The molecule has 6 heterocycles. The Kier molecular flexibility index (Phi) is 8.33. The molecule has 13 heteroatoms. The second kappa shape index (κ2) is 12.3. The van der Waals surface area contributed by atoms with Gasteiger partial charge in [0.15, 0.2) is 0 Å². The van der Waals surface area contributed by atoms with Gasteiger partial charge in [0, 0.05) is 80.6 Å². The lowest BCUT2D eigenvalue weighted by Gasteiger charge is -2.27. The summed E-state index contributed by atoms with van der Waals surface area (Å²) in [4.78, 5) is 17.2. The van der Waals surface area contributed by atoms with Crippen LogP contribution in [0.15, 0.2) is 24.3 Å². The average Bonchev–Trinajstić information content (AvgIpc) is 3.82. The number of aromatic nitrogens is 3. The predicted molar refractivity (Wildman–Crippen MR) is 175 cm³/mol. The summed E-state index contributed by atoms with van der Waals surface area (Å²) in [6.45, 7) is 11.6. The van der Waals surface area contributed by atoms with Gasteiger partial charge in [0.2, 0.25) is 5.95 Å². The van der Waals surface area contributed by atoms with Crippen molar-refractivity contribution in [2.24, 2.45) is 5.41 Å². The predicted octanol–water partition coefficient (Wildman–Crippen LogP) is 5.41. The maximum Gasteiger partial charge on any atom is 0.393 e. The molecule has 1 spiro atoms. The fraction of sp³-hybridized carbons (Fsp3) is 0.545. The van der Waals surface area contributed by atoms with Gasteiger partial charge in [-0.2, -0.15) is 23.4 Å². The van der Waals surface area contributed by atoms with E-state index in [1.54, 1.807) is 13.1 Å². The van der Waals surface area contributed by atoms with E-state index in [4.69, 9.17) is 9.72 Å². The van der Waals surface area contributed by atoms with E-state index in [1.165, 1.54) is 11.1 Å². The number of nitriles is 1. The number of halogens is 3. The van der Waals surface area contributed by atoms with Gasteiger partial charge in [-0.1, -0.05) is 6.07 Å². The number of alkyl halides is 3. The summed E-state index contributed by atoms with van der Waals surface area (Å²) in [6.07, 6.45) is -3.14. The van der Waals surface area contributed by atoms with E-state index in [-0.39, 0.29) is 10.3 Å². The number of ether oxygens (including phenoxy) is 1. The fourth-order valence-electron chi connectivity index (χ4n) is 7.54. The fourth-order valence-corrected chi connectivity index (χ4v) is 8.59. The summed E-state index contributed by atoms with van der Waals surface area (Å²) in [6, 6.07) is 10.5. The van der Waals surface area contributed by atoms with Crippen LogP contribution in [0.2, 0.25) is 0 Å². The summed E-state index contributed by atoms with van der Waals surface area (Å²) in [5.41, 5.74) is 4.42. The number of rotatable bonds is 8. The van der Waals surface area contributed by atoms with Crippen molar-refractivity contribution in [1.82, 2.24) is 24.3 Å². The first-order valence-electron chi connectivity index (χ1n) is 16.0. The third-order valence-electron chi connectivity index (χ3n) is 10.00. The minimum Gasteiger partial charge on any atom is -0.379 e. The molecule has 1 N–H and O–H groups in total. The van der Waals surface area contributed by atoms with Gasteiger partial charge in [0.25, 0.3) is 0 Å². The molecule has 0 radical (unpaired) electrons. The van der Waals surface area contributed by atoms with Gasteiger partial charge in [-0.3, -0.25) is 9.80 Å². The quantitative estimate of drug-likeness (QED) is 0.271. The van der Waals surface area contributed by atoms with Gasteiger partial charge in [0.05, 0.1) is 25.0 Å². The van der Waals surface area contributed by atoms with Crippen LogP contribution < -0.4 is 10.2 Å². The highest BCUT2D eigenvalue weighted by Gasteiger charge is 2.44. The van der Waals surface area contributed by atoms with Crippen molar-refractivity contribution in [2.75, 3.05) is 76.3 Å². The highest BCUT2D eigenvalue weighted by Crippen LogP contribution is 2.44. The SMILES string of the molecule is CNc1nc(N2CCC3(CCN(Cc4ccc5c(cc(C#N)n5CCN5CCOCC5)c4C)C3)C2)c2cc(CC(F)(F)F)sc2n1. The van der Waals surface area contributed by atoms with Crippen LogP contribution in [0.5, 0.6) is 0 Å². The van der Waals surface area contributed by atoms with Crippen LogP contribution in [0.25, 0.3) is 21.1 Å². The molecular weight excluding hydrogens is 613 g/mol. The van der Waals surface area contributed by atoms with Crippen molar-refractivity contribution < 1.29 is 17.9 Å². The number of nitrogens with one attached hydrogen (secondary N) is 1. The van der Waals surface area contributed by atoms with Gasteiger partial charge in [-0.05, 0) is 55.6 Å². The summed E-state index contributed by atoms with van der Waals surface area (Å²) in [5.74, 6) is 1.15. The number of nitrogens with zero attached hydrogens (tertiary/aromatic N) is 7. The van der Waals surface area contributed by atoms with E-state index >= 15 is 0 Å². The Balaban J connectivity index is 1.06. The molecule has 3 saturated heterocycles. The lowest BCUT2D eigenvalue weighted by Crippen LogP contribution is -2.38. The van der Waals surface area contributed by atoms with Crippen LogP contribution >= 0.6 is 11.3 Å². The number of thiophene rings is 1. The number of hydrogen-bond donors (Lipinski definition) is 1. The molecule has 3 aliphatic heterocycles. The minimum absolute atomic E-state index is 0.108. The normalized spacial score (nSPS) is 21.3. The Hall–Kier alpha value is -3.44. The Labute approximate surface area is 270 Å². The van der Waals surface area contributed by atoms with Gasteiger partial charge in [-0.25, -0.2) is 4.98 Å². The number of hydrogen-bond acceptors (Lipinski definition) is 9. The second-order valence-electron chi connectivity index (χ2n) is 13.0. The molecule has 7 rings (SSSR count). The van der Waals surface area contributed by atoms with Crippen molar-refractivity contribution in [3.8, 4) is 6.07 Å². The lowest BCUT2D eigenvalue weighted by atomic mass is 9.86. The van der Waals surface area contributed by atoms with Crippen LogP contribution in [0.4, 0.5) is 24.9 Å². The lowest BCUT2D eigenvalue weighted by molar-refractivity contribution is -0.126. The highest BCUT2D eigenvalue weighted by atomic mass is 32.1. The first kappa shape index (κ1) is 31.2. The van der Waals surface area contributed by atoms with Crippen LogP contribution in [-0.4, -0.2) is 96.6 Å². The van der Waals surface area contributed by atoms with Crippen molar-refractivity contribution in [2.45, 2.75) is 45.5 Å². The molecule has 1 atom stereocenters. The Morgan fingerprint density at radius 3 is 2.59 bits per heavy atom. The van der Waals surface area contributed by atoms with Crippen molar-refractivity contribution in [3.05, 3.63) is 46.0 Å². The number of anilines is 2. The van der Waals surface area contributed by atoms with Crippen LogP contribution in [0.3, 0.4) is 0 Å². The summed E-state index contributed by atoms with van der Waals surface area (Å²) in [5, 5.41) is 14.8. The van der Waals surface area contributed by atoms with Crippen LogP contribution in [-0.2, 0) is 24.2 Å². The maximum atomic E-state index is 13.2. The first-order chi connectivity index (χ1) is 22.1. The summed E-state index contributed by atoms with van der Waals surface area (Å²) >= 11 is 1.09. The van der Waals surface area contributed by atoms with Crippen LogP contribution in [0, 0.1) is 23.7 Å². The molecule has 0 aliphatic carbocycles. The smallest absolute Gasteiger partial charge is 0.379 e. The van der Waals surface area contributed by atoms with Gasteiger partial charge in [-0.15, -0.1) is 11.3 Å². The van der Waals surface area contributed by atoms with E-state index in [2.05, 4.69) is 54.7 Å².